The second-order valence-electron chi connectivity index (χ2n) is 7.91. The second-order valence-corrected chi connectivity index (χ2v) is 7.91. The predicted octanol–water partition coefficient (Wildman–Crippen LogP) is 5.03. The summed E-state index contributed by atoms with van der Waals surface area (Å²) in [5.41, 5.74) is 16.5. The molecular formula is C22H47N3O. The third kappa shape index (κ3) is 18.2. The van der Waals surface area contributed by atoms with Crippen molar-refractivity contribution in [3.05, 3.63) is 0 Å². The van der Waals surface area contributed by atoms with E-state index in [1.165, 1.54) is 89.9 Å². The Morgan fingerprint density at radius 3 is 1.15 bits per heavy atom. The van der Waals surface area contributed by atoms with Gasteiger partial charge in [0.25, 0.3) is 0 Å². The first-order valence-corrected chi connectivity index (χ1v) is 11.4. The molecule has 0 aliphatic heterocycles. The first kappa shape index (κ1) is 25.4. The molecule has 4 nitrogen and oxygen atoms in total. The van der Waals surface area contributed by atoms with Gasteiger partial charge in [-0.1, -0.05) is 89.9 Å². The molecule has 0 saturated heterocycles. The van der Waals surface area contributed by atoms with E-state index in [9.17, 15) is 4.79 Å². The Bertz CT molecular complexity index is 297. The number of carbonyl (C=O) groups excluding carboxylic acids is 1. The highest BCUT2D eigenvalue weighted by molar-refractivity contribution is 5.76. The number of hydrogen-bond donors (Lipinski definition) is 3. The quantitative estimate of drug-likeness (QED) is 0.248. The summed E-state index contributed by atoms with van der Waals surface area (Å²) in [5, 5.41) is 0. The van der Waals surface area contributed by atoms with Gasteiger partial charge in [0.05, 0.1) is 0 Å². The smallest absolute Gasteiger partial charge is 0.220 e. The van der Waals surface area contributed by atoms with Crippen LogP contribution < -0.4 is 17.2 Å². The predicted molar refractivity (Wildman–Crippen MR) is 114 cm³/mol. The molecule has 0 aromatic rings. The molecule has 4 heteroatoms. The van der Waals surface area contributed by atoms with Gasteiger partial charge in [-0.05, 0) is 38.8 Å². The van der Waals surface area contributed by atoms with E-state index in [1.54, 1.807) is 0 Å². The Morgan fingerprint density at radius 2 is 0.808 bits per heavy atom. The number of carbonyl (C=O) groups is 1. The van der Waals surface area contributed by atoms with Gasteiger partial charge in [-0.3, -0.25) is 4.79 Å². The Morgan fingerprint density at radius 1 is 0.500 bits per heavy atom. The topological polar surface area (TPSA) is 95.1 Å². The summed E-state index contributed by atoms with van der Waals surface area (Å²) in [4.78, 5) is 11.4. The number of rotatable bonds is 21. The maximum atomic E-state index is 11.4. The molecule has 0 rings (SSSR count). The van der Waals surface area contributed by atoms with Gasteiger partial charge < -0.3 is 17.2 Å². The van der Waals surface area contributed by atoms with Crippen LogP contribution in [0.1, 0.15) is 116 Å². The molecule has 1 amide bonds. The molecule has 0 aliphatic carbocycles. The summed E-state index contributed by atoms with van der Waals surface area (Å²) in [5.74, 6) is -0.103. The van der Waals surface area contributed by atoms with Crippen LogP contribution >= 0.6 is 0 Å². The molecule has 0 aromatic heterocycles. The van der Waals surface area contributed by atoms with Crippen LogP contribution in [0.3, 0.4) is 0 Å². The normalized spacial score (nSPS) is 12.4. The zero-order valence-electron chi connectivity index (χ0n) is 17.4. The molecule has 0 spiro atoms. The third-order valence-corrected chi connectivity index (χ3v) is 5.42. The first-order valence-electron chi connectivity index (χ1n) is 11.4. The molecule has 0 radical (unpaired) electrons. The maximum Gasteiger partial charge on any atom is 0.220 e. The highest BCUT2D eigenvalue weighted by Gasteiger charge is 2.13. The Hall–Kier alpha value is -0.610. The summed E-state index contributed by atoms with van der Waals surface area (Å²) < 4.78 is 0. The SMILES string of the molecule is NCCCCCCCCCCCCCCCCCC(CCCN)C(N)=O. The molecule has 0 bridgehead atoms. The summed E-state index contributed by atoms with van der Waals surface area (Å²) >= 11 is 0. The lowest BCUT2D eigenvalue weighted by molar-refractivity contribution is -0.122. The fourth-order valence-electron chi connectivity index (χ4n) is 3.63. The van der Waals surface area contributed by atoms with Crippen LogP contribution in [0, 0.1) is 5.92 Å². The van der Waals surface area contributed by atoms with Gasteiger partial charge in [0.2, 0.25) is 5.91 Å². The van der Waals surface area contributed by atoms with Crippen LogP contribution in [0.15, 0.2) is 0 Å². The Kier molecular flexibility index (Phi) is 20.2. The molecule has 1 atom stereocenters. The van der Waals surface area contributed by atoms with Crippen LogP contribution in [0.4, 0.5) is 0 Å². The molecule has 1 unspecified atom stereocenters. The minimum Gasteiger partial charge on any atom is -0.369 e. The van der Waals surface area contributed by atoms with E-state index in [1.807, 2.05) is 0 Å². The standard InChI is InChI=1S/C22H47N3O/c23-19-15-13-11-9-7-5-3-1-2-4-6-8-10-12-14-17-21(22(25)26)18-16-20-24/h21H,1-20,23-24H2,(H2,25,26). The molecule has 0 heterocycles. The molecule has 0 aromatic carbocycles. The molecule has 0 aliphatic rings. The average molecular weight is 370 g/mol. The number of amides is 1. The highest BCUT2D eigenvalue weighted by Crippen LogP contribution is 2.17. The van der Waals surface area contributed by atoms with E-state index in [0.717, 1.165) is 32.2 Å². The van der Waals surface area contributed by atoms with Crippen LogP contribution in [0.25, 0.3) is 0 Å². The minimum absolute atomic E-state index is 0.0409. The summed E-state index contributed by atoms with van der Waals surface area (Å²) in [7, 11) is 0. The van der Waals surface area contributed by atoms with Gasteiger partial charge >= 0.3 is 0 Å². The summed E-state index contributed by atoms with van der Waals surface area (Å²) in [6.07, 6.45) is 22.8. The van der Waals surface area contributed by atoms with Crippen molar-refractivity contribution in [3.63, 3.8) is 0 Å². The van der Waals surface area contributed by atoms with Crippen molar-refractivity contribution in [2.45, 2.75) is 116 Å². The lowest BCUT2D eigenvalue weighted by atomic mass is 9.95. The lowest BCUT2D eigenvalue weighted by Crippen LogP contribution is -2.24. The monoisotopic (exact) mass is 369 g/mol. The number of hydrogen-bond acceptors (Lipinski definition) is 3. The van der Waals surface area contributed by atoms with Crippen LogP contribution in [0.5, 0.6) is 0 Å². The zero-order chi connectivity index (χ0) is 19.3. The molecule has 26 heavy (non-hydrogen) atoms. The largest absolute Gasteiger partial charge is 0.369 e. The molecule has 6 N–H and O–H groups in total. The number of unbranched alkanes of at least 4 members (excludes halogenated alkanes) is 14. The van der Waals surface area contributed by atoms with Crippen molar-refractivity contribution < 1.29 is 4.79 Å². The van der Waals surface area contributed by atoms with Gasteiger partial charge in [0.1, 0.15) is 0 Å². The maximum absolute atomic E-state index is 11.4. The van der Waals surface area contributed by atoms with Gasteiger partial charge in [-0.2, -0.15) is 0 Å². The Balaban J connectivity index is 3.22. The molecule has 0 saturated carbocycles. The number of nitrogens with two attached hydrogens (primary N) is 3. The van der Waals surface area contributed by atoms with Crippen molar-refractivity contribution in [2.75, 3.05) is 13.1 Å². The molecule has 156 valence electrons. The third-order valence-electron chi connectivity index (χ3n) is 5.42. The van der Waals surface area contributed by atoms with E-state index < -0.39 is 0 Å². The van der Waals surface area contributed by atoms with E-state index >= 15 is 0 Å². The van der Waals surface area contributed by atoms with Crippen molar-refractivity contribution in [1.82, 2.24) is 0 Å². The van der Waals surface area contributed by atoms with E-state index in [4.69, 9.17) is 17.2 Å². The van der Waals surface area contributed by atoms with Crippen LogP contribution in [0.2, 0.25) is 0 Å². The van der Waals surface area contributed by atoms with Crippen molar-refractivity contribution in [3.8, 4) is 0 Å². The fraction of sp³-hybridized carbons (Fsp3) is 0.955. The fourth-order valence-corrected chi connectivity index (χ4v) is 3.63. The van der Waals surface area contributed by atoms with Crippen molar-refractivity contribution >= 4 is 5.91 Å². The van der Waals surface area contributed by atoms with E-state index in [0.29, 0.717) is 6.54 Å². The van der Waals surface area contributed by atoms with Crippen molar-refractivity contribution in [1.29, 1.82) is 0 Å². The first-order chi connectivity index (χ1) is 12.7. The van der Waals surface area contributed by atoms with E-state index in [2.05, 4.69) is 0 Å². The van der Waals surface area contributed by atoms with Crippen LogP contribution in [-0.2, 0) is 4.79 Å². The average Bonchev–Trinajstić information content (AvgIpc) is 2.63. The van der Waals surface area contributed by atoms with Gasteiger partial charge in [-0.25, -0.2) is 0 Å². The van der Waals surface area contributed by atoms with Crippen LogP contribution in [-0.4, -0.2) is 19.0 Å². The second kappa shape index (κ2) is 20.7. The van der Waals surface area contributed by atoms with Crippen molar-refractivity contribution in [2.24, 2.45) is 23.1 Å². The minimum atomic E-state index is -0.144. The van der Waals surface area contributed by atoms with Gasteiger partial charge in [0, 0.05) is 5.92 Å². The number of primary amides is 1. The molecule has 0 fully saturated rings. The highest BCUT2D eigenvalue weighted by atomic mass is 16.1. The van der Waals surface area contributed by atoms with Gasteiger partial charge in [0.15, 0.2) is 0 Å². The summed E-state index contributed by atoms with van der Waals surface area (Å²) in [6.45, 7) is 1.50. The summed E-state index contributed by atoms with van der Waals surface area (Å²) in [6, 6.07) is 0. The Labute approximate surface area is 163 Å². The molecular weight excluding hydrogens is 322 g/mol. The van der Waals surface area contributed by atoms with E-state index in [-0.39, 0.29) is 11.8 Å². The lowest BCUT2D eigenvalue weighted by Gasteiger charge is -2.12. The zero-order valence-corrected chi connectivity index (χ0v) is 17.4. The van der Waals surface area contributed by atoms with Gasteiger partial charge in [-0.15, -0.1) is 0 Å².